The highest BCUT2D eigenvalue weighted by atomic mass is 79.9. The van der Waals surface area contributed by atoms with Crippen LogP contribution >= 0.6 is 15.9 Å². The van der Waals surface area contributed by atoms with E-state index in [2.05, 4.69) is 39.7 Å². The number of hydrogen-bond acceptors (Lipinski definition) is 3. The summed E-state index contributed by atoms with van der Waals surface area (Å²) in [6, 6.07) is 2.57. The molecule has 0 radical (unpaired) electrons. The van der Waals surface area contributed by atoms with Gasteiger partial charge in [-0.3, -0.25) is 9.88 Å². The van der Waals surface area contributed by atoms with Crippen molar-refractivity contribution >= 4 is 15.9 Å². The summed E-state index contributed by atoms with van der Waals surface area (Å²) < 4.78 is 6.93. The number of aromatic nitrogens is 1. The summed E-state index contributed by atoms with van der Waals surface area (Å²) in [5.74, 6) is 0.899. The highest BCUT2D eigenvalue weighted by Gasteiger charge is 2.26. The molecule has 0 spiro atoms. The van der Waals surface area contributed by atoms with Crippen molar-refractivity contribution in [1.29, 1.82) is 0 Å². The first-order valence-corrected chi connectivity index (χ1v) is 7.00. The van der Waals surface area contributed by atoms with Gasteiger partial charge in [-0.2, -0.15) is 0 Å². The van der Waals surface area contributed by atoms with Gasteiger partial charge >= 0.3 is 0 Å². The summed E-state index contributed by atoms with van der Waals surface area (Å²) in [5, 5.41) is 0. The van der Waals surface area contributed by atoms with Crippen LogP contribution in [0.4, 0.5) is 0 Å². The third kappa shape index (κ3) is 3.19. The highest BCUT2D eigenvalue weighted by Crippen LogP contribution is 2.26. The van der Waals surface area contributed by atoms with Crippen LogP contribution in [0.5, 0.6) is 5.75 Å². The molecule has 1 fully saturated rings. The normalized spacial score (nSPS) is 22.6. The Morgan fingerprint density at radius 3 is 3.18 bits per heavy atom. The summed E-state index contributed by atoms with van der Waals surface area (Å²) in [4.78, 5) is 6.54. The molecule has 0 amide bonds. The van der Waals surface area contributed by atoms with Crippen LogP contribution < -0.4 is 4.74 Å². The average molecular weight is 299 g/mol. The van der Waals surface area contributed by atoms with Gasteiger partial charge in [0, 0.05) is 31.5 Å². The third-order valence-electron chi connectivity index (χ3n) is 3.42. The maximum Gasteiger partial charge on any atom is 0.137 e. The molecule has 1 saturated heterocycles. The van der Waals surface area contributed by atoms with Crippen molar-refractivity contribution in [3.05, 3.63) is 22.9 Å². The minimum absolute atomic E-state index is 0.308. The van der Waals surface area contributed by atoms with Gasteiger partial charge in [-0.25, -0.2) is 0 Å². The molecule has 2 heterocycles. The Balaban J connectivity index is 1.92. The third-order valence-corrected chi connectivity index (χ3v) is 4.02. The van der Waals surface area contributed by atoms with Crippen LogP contribution in [0, 0.1) is 0 Å². The van der Waals surface area contributed by atoms with Gasteiger partial charge in [0.15, 0.2) is 0 Å². The summed E-state index contributed by atoms with van der Waals surface area (Å²) >= 11 is 3.46. The van der Waals surface area contributed by atoms with Crippen LogP contribution in [0.2, 0.25) is 0 Å². The van der Waals surface area contributed by atoms with Crippen molar-refractivity contribution < 1.29 is 4.74 Å². The van der Waals surface area contributed by atoms with Gasteiger partial charge in [-0.05, 0) is 41.8 Å². The molecule has 1 aliphatic rings. The first-order chi connectivity index (χ1) is 8.20. The zero-order valence-corrected chi connectivity index (χ0v) is 12.0. The number of halogens is 1. The van der Waals surface area contributed by atoms with Crippen LogP contribution in [-0.4, -0.2) is 35.1 Å². The smallest absolute Gasteiger partial charge is 0.137 e. The molecule has 0 N–H and O–H groups in total. The van der Waals surface area contributed by atoms with Gasteiger partial charge in [-0.15, -0.1) is 0 Å². The Kier molecular flexibility index (Phi) is 4.40. The van der Waals surface area contributed by atoms with E-state index in [1.807, 2.05) is 6.07 Å². The number of ether oxygens (including phenoxy) is 1. The molecule has 0 aliphatic carbocycles. The van der Waals surface area contributed by atoms with Crippen molar-refractivity contribution in [3.63, 3.8) is 0 Å². The van der Waals surface area contributed by atoms with E-state index in [9.17, 15) is 0 Å². The largest absolute Gasteiger partial charge is 0.488 e. The van der Waals surface area contributed by atoms with E-state index in [1.165, 1.54) is 6.42 Å². The second kappa shape index (κ2) is 5.83. The van der Waals surface area contributed by atoms with E-state index in [-0.39, 0.29) is 0 Å². The quantitative estimate of drug-likeness (QED) is 0.854. The molecule has 0 bridgehead atoms. The maximum absolute atomic E-state index is 6.00. The predicted octanol–water partition coefficient (Wildman–Crippen LogP) is 3.10. The number of hydrogen-bond donors (Lipinski definition) is 0. The maximum atomic E-state index is 6.00. The molecule has 1 aromatic heterocycles. The Labute approximate surface area is 111 Å². The van der Waals surface area contributed by atoms with Crippen molar-refractivity contribution in [2.24, 2.45) is 0 Å². The van der Waals surface area contributed by atoms with Gasteiger partial charge in [0.2, 0.25) is 0 Å². The van der Waals surface area contributed by atoms with E-state index in [0.717, 1.165) is 29.7 Å². The molecule has 1 aliphatic heterocycles. The second-order valence-electron chi connectivity index (χ2n) is 4.59. The molecule has 4 heteroatoms. The van der Waals surface area contributed by atoms with Crippen LogP contribution in [0.15, 0.2) is 22.9 Å². The fourth-order valence-electron chi connectivity index (χ4n) is 2.15. The standard InChI is InChI=1S/C13H19BrN2O/c1-3-10(2)16-7-5-11(9-16)17-13-4-6-15-8-12(13)14/h4,6,8,10-11H,3,5,7,9H2,1-2H3. The molecule has 0 aromatic carbocycles. The molecule has 17 heavy (non-hydrogen) atoms. The van der Waals surface area contributed by atoms with Crippen LogP contribution in [-0.2, 0) is 0 Å². The van der Waals surface area contributed by atoms with E-state index >= 15 is 0 Å². The van der Waals surface area contributed by atoms with Crippen LogP contribution in [0.25, 0.3) is 0 Å². The van der Waals surface area contributed by atoms with Crippen molar-refractivity contribution in [3.8, 4) is 5.75 Å². The lowest BCUT2D eigenvalue weighted by Crippen LogP contribution is -2.32. The van der Waals surface area contributed by atoms with Crippen molar-refractivity contribution in [1.82, 2.24) is 9.88 Å². The zero-order valence-electron chi connectivity index (χ0n) is 10.4. The zero-order chi connectivity index (χ0) is 12.3. The minimum Gasteiger partial charge on any atom is -0.488 e. The molecule has 2 unspecified atom stereocenters. The summed E-state index contributed by atoms with van der Waals surface area (Å²) in [5.41, 5.74) is 0. The number of likely N-dealkylation sites (tertiary alicyclic amines) is 1. The average Bonchev–Trinajstić information content (AvgIpc) is 2.80. The first kappa shape index (κ1) is 12.8. The molecular formula is C13H19BrN2O. The molecule has 3 nitrogen and oxygen atoms in total. The SMILES string of the molecule is CCC(C)N1CCC(Oc2ccncc2Br)C1. The monoisotopic (exact) mass is 298 g/mol. The second-order valence-corrected chi connectivity index (χ2v) is 5.44. The van der Waals surface area contributed by atoms with E-state index in [1.54, 1.807) is 12.4 Å². The minimum atomic E-state index is 0.308. The van der Waals surface area contributed by atoms with Crippen LogP contribution in [0.3, 0.4) is 0 Å². The molecule has 0 saturated carbocycles. The summed E-state index contributed by atoms with van der Waals surface area (Å²) in [7, 11) is 0. The molecule has 94 valence electrons. The van der Waals surface area contributed by atoms with Crippen molar-refractivity contribution in [2.45, 2.75) is 38.8 Å². The molecule has 2 rings (SSSR count). The van der Waals surface area contributed by atoms with Gasteiger partial charge in [0.1, 0.15) is 11.9 Å². The number of nitrogens with zero attached hydrogens (tertiary/aromatic N) is 2. The Hall–Kier alpha value is -0.610. The lowest BCUT2D eigenvalue weighted by molar-refractivity contribution is 0.180. The van der Waals surface area contributed by atoms with Gasteiger partial charge in [-0.1, -0.05) is 6.92 Å². The van der Waals surface area contributed by atoms with Gasteiger partial charge in [0.05, 0.1) is 4.47 Å². The number of rotatable bonds is 4. The van der Waals surface area contributed by atoms with Gasteiger partial charge in [0.25, 0.3) is 0 Å². The summed E-state index contributed by atoms with van der Waals surface area (Å²) in [6.07, 6.45) is 6.16. The number of pyridine rings is 1. The predicted molar refractivity (Wildman–Crippen MR) is 72.3 cm³/mol. The summed E-state index contributed by atoms with van der Waals surface area (Å²) in [6.45, 7) is 6.69. The molecular weight excluding hydrogens is 280 g/mol. The van der Waals surface area contributed by atoms with Crippen LogP contribution in [0.1, 0.15) is 26.7 Å². The van der Waals surface area contributed by atoms with Gasteiger partial charge < -0.3 is 4.74 Å². The highest BCUT2D eigenvalue weighted by molar-refractivity contribution is 9.10. The van der Waals surface area contributed by atoms with Crippen molar-refractivity contribution in [2.75, 3.05) is 13.1 Å². The Morgan fingerprint density at radius 2 is 2.47 bits per heavy atom. The lowest BCUT2D eigenvalue weighted by Gasteiger charge is -2.23. The van der Waals surface area contributed by atoms with E-state index in [4.69, 9.17) is 4.74 Å². The molecule has 1 aromatic rings. The molecule has 2 atom stereocenters. The first-order valence-electron chi connectivity index (χ1n) is 6.21. The Bertz CT molecular complexity index is 372. The fraction of sp³-hybridized carbons (Fsp3) is 0.615. The van der Waals surface area contributed by atoms with E-state index in [0.29, 0.717) is 12.1 Å². The fourth-order valence-corrected chi connectivity index (χ4v) is 2.49. The lowest BCUT2D eigenvalue weighted by atomic mass is 10.2. The topological polar surface area (TPSA) is 25.4 Å². The Morgan fingerprint density at radius 1 is 1.65 bits per heavy atom. The van der Waals surface area contributed by atoms with E-state index < -0.39 is 0 Å².